The Morgan fingerprint density at radius 1 is 1.47 bits per heavy atom. The number of nitrogens with zero attached hydrogens (tertiary/aromatic N) is 3. The van der Waals surface area contributed by atoms with Gasteiger partial charge in [-0.05, 0) is 24.5 Å². The summed E-state index contributed by atoms with van der Waals surface area (Å²) >= 11 is 0. The number of hydrogen-bond acceptors (Lipinski definition) is 4. The molecule has 1 aromatic rings. The molecule has 1 heterocycles. The van der Waals surface area contributed by atoms with E-state index in [1.165, 1.54) is 25.1 Å². The summed E-state index contributed by atoms with van der Waals surface area (Å²) in [5, 5.41) is 11.7. The van der Waals surface area contributed by atoms with Crippen molar-refractivity contribution in [2.75, 3.05) is 6.54 Å². The van der Waals surface area contributed by atoms with Gasteiger partial charge in [-0.15, -0.1) is 0 Å². The van der Waals surface area contributed by atoms with Gasteiger partial charge in [0, 0.05) is 18.8 Å². The van der Waals surface area contributed by atoms with Gasteiger partial charge in [-0.2, -0.15) is 0 Å². The van der Waals surface area contributed by atoms with E-state index in [-0.39, 0.29) is 11.7 Å². The average molecular weight is 266 g/mol. The Hall–Kier alpha value is -1.69. The van der Waals surface area contributed by atoms with Gasteiger partial charge in [-0.3, -0.25) is 9.88 Å². The molecule has 0 unspecified atom stereocenters. The molecule has 3 N–H and O–H groups in total. The predicted octanol–water partition coefficient (Wildman–Crippen LogP) is 1.71. The van der Waals surface area contributed by atoms with E-state index in [4.69, 9.17) is 10.9 Å². The van der Waals surface area contributed by atoms with Gasteiger partial charge in [0.25, 0.3) is 0 Å². The first kappa shape index (κ1) is 13.7. The van der Waals surface area contributed by atoms with Gasteiger partial charge in [-0.1, -0.05) is 18.0 Å². The first-order chi connectivity index (χ1) is 9.19. The summed E-state index contributed by atoms with van der Waals surface area (Å²) < 4.78 is 13.2. The summed E-state index contributed by atoms with van der Waals surface area (Å²) in [5.74, 6) is -0.163. The lowest BCUT2D eigenvalue weighted by molar-refractivity contribution is 0.213. The molecule has 0 aliphatic heterocycles. The zero-order valence-corrected chi connectivity index (χ0v) is 10.8. The normalized spacial score (nSPS) is 17.3. The van der Waals surface area contributed by atoms with Gasteiger partial charge < -0.3 is 10.9 Å². The van der Waals surface area contributed by atoms with Crippen LogP contribution in [0, 0.1) is 5.82 Å². The summed E-state index contributed by atoms with van der Waals surface area (Å²) in [5.41, 5.74) is 6.40. The molecule has 1 aromatic heterocycles. The van der Waals surface area contributed by atoms with Crippen LogP contribution in [0.15, 0.2) is 23.6 Å². The molecule has 0 amide bonds. The highest BCUT2D eigenvalue weighted by molar-refractivity contribution is 5.81. The van der Waals surface area contributed by atoms with Crippen molar-refractivity contribution >= 4 is 5.84 Å². The van der Waals surface area contributed by atoms with Gasteiger partial charge in [-0.25, -0.2) is 4.39 Å². The summed E-state index contributed by atoms with van der Waals surface area (Å²) in [6, 6.07) is 1.88. The lowest BCUT2D eigenvalue weighted by atomic mass is 10.1. The van der Waals surface area contributed by atoms with Crippen LogP contribution in [-0.2, 0) is 6.54 Å². The second-order valence-corrected chi connectivity index (χ2v) is 4.95. The topological polar surface area (TPSA) is 74.7 Å². The second-order valence-electron chi connectivity index (χ2n) is 4.95. The number of halogens is 1. The van der Waals surface area contributed by atoms with Crippen LogP contribution in [0.5, 0.6) is 0 Å². The summed E-state index contributed by atoms with van der Waals surface area (Å²) in [6.07, 6.45) is 7.42. The molecule has 1 aliphatic rings. The monoisotopic (exact) mass is 266 g/mol. The van der Waals surface area contributed by atoms with Crippen molar-refractivity contribution < 1.29 is 9.60 Å². The van der Waals surface area contributed by atoms with Crippen LogP contribution in [0.1, 0.15) is 31.2 Å². The quantitative estimate of drug-likeness (QED) is 0.368. The predicted molar refractivity (Wildman–Crippen MR) is 70.3 cm³/mol. The van der Waals surface area contributed by atoms with Crippen molar-refractivity contribution in [1.82, 2.24) is 9.88 Å². The van der Waals surface area contributed by atoms with E-state index < -0.39 is 0 Å². The molecule has 0 saturated heterocycles. The number of aromatic nitrogens is 1. The molecular weight excluding hydrogens is 247 g/mol. The third-order valence-electron chi connectivity index (χ3n) is 3.48. The minimum atomic E-state index is -0.340. The van der Waals surface area contributed by atoms with Crippen molar-refractivity contribution in [3.63, 3.8) is 0 Å². The molecule has 1 aliphatic carbocycles. The molecular formula is C13H19FN4O. The van der Waals surface area contributed by atoms with E-state index in [1.54, 1.807) is 6.20 Å². The average Bonchev–Trinajstić information content (AvgIpc) is 2.91. The smallest absolute Gasteiger partial charge is 0.153 e. The standard InChI is InChI=1S/C13H19FN4O/c14-11-5-10(6-16-7-11)8-18(9-13(15)17-19)12-3-1-2-4-12/h5-7,12,19H,1-4,8-9H2,(H2,15,17). The Morgan fingerprint density at radius 3 is 2.84 bits per heavy atom. The molecule has 19 heavy (non-hydrogen) atoms. The largest absolute Gasteiger partial charge is 0.409 e. The fourth-order valence-electron chi connectivity index (χ4n) is 2.60. The van der Waals surface area contributed by atoms with Crippen LogP contribution in [0.4, 0.5) is 4.39 Å². The molecule has 0 aromatic carbocycles. The van der Waals surface area contributed by atoms with Crippen molar-refractivity contribution in [3.05, 3.63) is 29.8 Å². The van der Waals surface area contributed by atoms with Crippen LogP contribution >= 0.6 is 0 Å². The first-order valence-corrected chi connectivity index (χ1v) is 6.49. The van der Waals surface area contributed by atoms with Crippen molar-refractivity contribution in [1.29, 1.82) is 0 Å². The van der Waals surface area contributed by atoms with Gasteiger partial charge in [0.15, 0.2) is 5.84 Å². The molecule has 0 radical (unpaired) electrons. The number of oxime groups is 1. The number of pyridine rings is 1. The summed E-state index contributed by atoms with van der Waals surface area (Å²) in [4.78, 5) is 5.97. The molecule has 2 rings (SSSR count). The minimum Gasteiger partial charge on any atom is -0.409 e. The number of hydrogen-bond donors (Lipinski definition) is 2. The Balaban J connectivity index is 2.08. The maximum absolute atomic E-state index is 13.2. The minimum absolute atomic E-state index is 0.177. The SMILES string of the molecule is N/C(CN(Cc1cncc(F)c1)C1CCCC1)=N/O. The van der Waals surface area contributed by atoms with Crippen molar-refractivity contribution in [3.8, 4) is 0 Å². The van der Waals surface area contributed by atoms with Gasteiger partial charge in [0.2, 0.25) is 0 Å². The maximum atomic E-state index is 13.2. The van der Waals surface area contributed by atoms with Crippen LogP contribution < -0.4 is 5.73 Å². The fourth-order valence-corrected chi connectivity index (χ4v) is 2.60. The molecule has 1 saturated carbocycles. The Kier molecular flexibility index (Phi) is 4.68. The van der Waals surface area contributed by atoms with Crippen molar-refractivity contribution in [2.24, 2.45) is 10.9 Å². The van der Waals surface area contributed by atoms with Crippen LogP contribution in [-0.4, -0.2) is 33.5 Å². The van der Waals surface area contributed by atoms with E-state index in [2.05, 4.69) is 15.0 Å². The lowest BCUT2D eigenvalue weighted by Crippen LogP contribution is -2.39. The molecule has 0 bridgehead atoms. The molecule has 0 atom stereocenters. The lowest BCUT2D eigenvalue weighted by Gasteiger charge is -2.28. The van der Waals surface area contributed by atoms with Crippen LogP contribution in [0.2, 0.25) is 0 Å². The summed E-state index contributed by atoms with van der Waals surface area (Å²) in [6.45, 7) is 0.948. The highest BCUT2D eigenvalue weighted by Gasteiger charge is 2.23. The van der Waals surface area contributed by atoms with Gasteiger partial charge in [0.05, 0.1) is 12.7 Å². The number of amidine groups is 1. The molecule has 104 valence electrons. The van der Waals surface area contributed by atoms with E-state index in [1.807, 2.05) is 0 Å². The highest BCUT2D eigenvalue weighted by atomic mass is 19.1. The zero-order chi connectivity index (χ0) is 13.7. The van der Waals surface area contributed by atoms with E-state index in [0.29, 0.717) is 19.1 Å². The maximum Gasteiger partial charge on any atom is 0.153 e. The Morgan fingerprint density at radius 2 is 2.21 bits per heavy atom. The van der Waals surface area contributed by atoms with Crippen LogP contribution in [0.25, 0.3) is 0 Å². The first-order valence-electron chi connectivity index (χ1n) is 6.49. The summed E-state index contributed by atoms with van der Waals surface area (Å²) in [7, 11) is 0. The van der Waals surface area contributed by atoms with E-state index in [9.17, 15) is 4.39 Å². The third-order valence-corrected chi connectivity index (χ3v) is 3.48. The number of rotatable bonds is 5. The molecule has 1 fully saturated rings. The number of nitrogens with two attached hydrogens (primary N) is 1. The van der Waals surface area contributed by atoms with E-state index in [0.717, 1.165) is 18.4 Å². The second kappa shape index (κ2) is 6.47. The third kappa shape index (κ3) is 3.89. The zero-order valence-electron chi connectivity index (χ0n) is 10.8. The van der Waals surface area contributed by atoms with E-state index >= 15 is 0 Å². The van der Waals surface area contributed by atoms with Gasteiger partial charge in [0.1, 0.15) is 5.82 Å². The molecule has 6 heteroatoms. The Bertz CT molecular complexity index is 446. The highest BCUT2D eigenvalue weighted by Crippen LogP contribution is 2.24. The fraction of sp³-hybridized carbons (Fsp3) is 0.538. The van der Waals surface area contributed by atoms with Crippen molar-refractivity contribution in [2.45, 2.75) is 38.3 Å². The van der Waals surface area contributed by atoms with Gasteiger partial charge >= 0.3 is 0 Å². The Labute approximate surface area is 111 Å². The van der Waals surface area contributed by atoms with Crippen LogP contribution in [0.3, 0.4) is 0 Å². The molecule has 0 spiro atoms. The molecule has 5 nitrogen and oxygen atoms in total.